The minimum Gasteiger partial charge on any atom is -0.491 e. The number of likely N-dealkylation sites (tertiary alicyclic amines) is 1. The molecule has 5 N–H and O–H groups in total. The molecule has 14 heteroatoms. The quantitative estimate of drug-likeness (QED) is 0.166. The summed E-state index contributed by atoms with van der Waals surface area (Å²) in [7, 11) is 7.81. The summed E-state index contributed by atoms with van der Waals surface area (Å²) >= 11 is 0. The van der Waals surface area contributed by atoms with Crippen molar-refractivity contribution < 1.29 is 38.8 Å². The molecular formula is C41H62N6O8. The van der Waals surface area contributed by atoms with E-state index in [4.69, 9.17) is 14.2 Å². The number of carboxylic acids is 2. The maximum atomic E-state index is 12.3. The van der Waals surface area contributed by atoms with Gasteiger partial charge in [-0.05, 0) is 129 Å². The lowest BCUT2D eigenvalue weighted by Crippen LogP contribution is -2.47. The van der Waals surface area contributed by atoms with Crippen LogP contribution in [0.5, 0.6) is 11.5 Å². The molecule has 0 unspecified atom stereocenters. The fraction of sp³-hybridized carbons (Fsp3) is 0.634. The first-order valence-electron chi connectivity index (χ1n) is 19.5. The molecular weight excluding hydrogens is 704 g/mol. The summed E-state index contributed by atoms with van der Waals surface area (Å²) in [5.74, 6) is -1.14. The van der Waals surface area contributed by atoms with Gasteiger partial charge in [0.2, 0.25) is 0 Å². The largest absolute Gasteiger partial charge is 0.491 e. The Balaban J connectivity index is 0.000000218. The molecule has 1 amide bonds. The first-order valence-corrected chi connectivity index (χ1v) is 19.5. The van der Waals surface area contributed by atoms with Gasteiger partial charge in [-0.3, -0.25) is 0 Å². The molecule has 2 saturated heterocycles. The molecule has 0 aromatic heterocycles. The van der Waals surface area contributed by atoms with Crippen molar-refractivity contribution in [3.8, 4) is 11.5 Å². The number of rotatable bonds is 14. The van der Waals surface area contributed by atoms with Crippen LogP contribution < -0.4 is 25.4 Å². The Labute approximate surface area is 325 Å². The van der Waals surface area contributed by atoms with Gasteiger partial charge in [0.15, 0.2) is 0 Å². The Kier molecular flexibility index (Phi) is 13.5. The van der Waals surface area contributed by atoms with E-state index in [1.807, 2.05) is 75.8 Å². The number of ether oxygens (including phenoxy) is 3. The molecule has 2 spiro atoms. The number of nitrogens with zero attached hydrogens (tertiary/aromatic N) is 3. The van der Waals surface area contributed by atoms with E-state index in [1.54, 1.807) is 24.3 Å². The number of carbonyl (C=O) groups is 3. The van der Waals surface area contributed by atoms with Crippen molar-refractivity contribution in [2.24, 2.45) is 10.8 Å². The molecule has 2 aromatic carbocycles. The van der Waals surface area contributed by atoms with Crippen LogP contribution in [0.25, 0.3) is 0 Å². The molecule has 2 aliphatic heterocycles. The molecule has 4 fully saturated rings. The summed E-state index contributed by atoms with van der Waals surface area (Å²) in [6, 6.07) is 11.2. The summed E-state index contributed by atoms with van der Waals surface area (Å²) in [5.41, 5.74) is 2.33. The summed E-state index contributed by atoms with van der Waals surface area (Å²) in [5, 5.41) is 29.2. The summed E-state index contributed by atoms with van der Waals surface area (Å²) < 4.78 is 16.9. The van der Waals surface area contributed by atoms with Crippen molar-refractivity contribution in [2.45, 2.75) is 77.0 Å². The number of hydrogen-bond acceptors (Lipinski definition) is 11. The minimum absolute atomic E-state index is 0.153. The van der Waals surface area contributed by atoms with Gasteiger partial charge in [-0.1, -0.05) is 0 Å². The second-order valence-electron chi connectivity index (χ2n) is 17.4. The molecule has 4 aliphatic rings. The van der Waals surface area contributed by atoms with Crippen LogP contribution in [-0.2, 0) is 4.74 Å². The number of aromatic carboxylic acids is 2. The van der Waals surface area contributed by atoms with Gasteiger partial charge in [-0.25, -0.2) is 14.4 Å². The Morgan fingerprint density at radius 1 is 0.800 bits per heavy atom. The van der Waals surface area contributed by atoms with E-state index in [1.165, 1.54) is 19.3 Å². The number of anilines is 2. The van der Waals surface area contributed by atoms with Crippen molar-refractivity contribution in [1.29, 1.82) is 0 Å². The van der Waals surface area contributed by atoms with Gasteiger partial charge < -0.3 is 55.1 Å². The van der Waals surface area contributed by atoms with Crippen molar-refractivity contribution in [2.75, 3.05) is 91.3 Å². The molecule has 2 aliphatic carbocycles. The maximum absolute atomic E-state index is 12.3. The van der Waals surface area contributed by atoms with E-state index < -0.39 is 17.5 Å². The number of amides is 1. The molecule has 304 valence electrons. The summed E-state index contributed by atoms with van der Waals surface area (Å²) in [4.78, 5) is 41.0. The van der Waals surface area contributed by atoms with Crippen LogP contribution in [0.15, 0.2) is 36.4 Å². The van der Waals surface area contributed by atoms with Crippen LogP contribution >= 0.6 is 0 Å². The Morgan fingerprint density at radius 3 is 1.71 bits per heavy atom. The van der Waals surface area contributed by atoms with Crippen LogP contribution in [0.1, 0.15) is 80.0 Å². The van der Waals surface area contributed by atoms with Gasteiger partial charge in [-0.15, -0.1) is 0 Å². The van der Waals surface area contributed by atoms with Crippen molar-refractivity contribution in [1.82, 2.24) is 20.0 Å². The average Bonchev–Trinajstić information content (AvgIpc) is 3.73. The zero-order valence-electron chi connectivity index (χ0n) is 33.7. The first kappa shape index (κ1) is 41.9. The van der Waals surface area contributed by atoms with E-state index in [0.29, 0.717) is 48.8 Å². The highest BCUT2D eigenvalue weighted by molar-refractivity contribution is 5.92. The molecule has 6 rings (SSSR count). The Morgan fingerprint density at radius 2 is 1.29 bits per heavy atom. The predicted octanol–water partition coefficient (Wildman–Crippen LogP) is 5.41. The molecule has 2 saturated carbocycles. The molecule has 2 aromatic rings. The van der Waals surface area contributed by atoms with Gasteiger partial charge in [0.05, 0.1) is 0 Å². The molecule has 0 atom stereocenters. The first-order chi connectivity index (χ1) is 25.9. The van der Waals surface area contributed by atoms with E-state index in [9.17, 15) is 24.6 Å². The van der Waals surface area contributed by atoms with Gasteiger partial charge in [0, 0.05) is 68.3 Å². The van der Waals surface area contributed by atoms with E-state index in [0.717, 1.165) is 63.4 Å². The van der Waals surface area contributed by atoms with Crippen LogP contribution in [0.2, 0.25) is 0 Å². The number of likely N-dealkylation sites (N-methyl/N-ethyl adjacent to an activating group) is 2. The highest BCUT2D eigenvalue weighted by Gasteiger charge is 2.50. The molecule has 0 bridgehead atoms. The lowest BCUT2D eigenvalue weighted by molar-refractivity contribution is 0.0237. The van der Waals surface area contributed by atoms with Crippen LogP contribution in [0, 0.1) is 10.8 Å². The third-order valence-electron chi connectivity index (χ3n) is 10.9. The van der Waals surface area contributed by atoms with Gasteiger partial charge in [0.1, 0.15) is 41.4 Å². The smallest absolute Gasteiger partial charge is 0.410 e. The fourth-order valence-electron chi connectivity index (χ4n) is 8.03. The Hall–Kier alpha value is -4.27. The zero-order chi connectivity index (χ0) is 40.0. The standard InChI is InChI=1S/C23H35N3O5.C18H27N3O3/c1-22(2,3)31-21(29)26-9-8-23(15-26)13-17(14-23)24-16-6-7-18(20(27)28)19(12-16)30-11-10-25(4)5;1-21(2)7-8-24-16-9-13(3-4-15(16)17(22)23)20-14-10-18(11-14)5-6-19-12-18/h6-7,12,17,24H,8-11,13-15H2,1-5H3,(H,27,28);3-4,9,14,19-20H,5-8,10-12H2,1-2H3,(H,22,23). The lowest BCUT2D eigenvalue weighted by Gasteiger charge is -2.45. The maximum Gasteiger partial charge on any atom is 0.410 e. The van der Waals surface area contributed by atoms with E-state index >= 15 is 0 Å². The van der Waals surface area contributed by atoms with Gasteiger partial charge in [0.25, 0.3) is 0 Å². The van der Waals surface area contributed by atoms with Gasteiger partial charge in [-0.2, -0.15) is 0 Å². The van der Waals surface area contributed by atoms with Crippen molar-refractivity contribution in [3.05, 3.63) is 47.5 Å². The number of benzene rings is 2. The fourth-order valence-corrected chi connectivity index (χ4v) is 8.03. The normalized spacial score (nSPS) is 24.2. The second kappa shape index (κ2) is 17.7. The summed E-state index contributed by atoms with van der Waals surface area (Å²) in [6.45, 7) is 11.7. The number of carboxylic acid groups (broad SMARTS) is 2. The third kappa shape index (κ3) is 11.6. The number of nitrogens with one attached hydrogen (secondary N) is 3. The second-order valence-corrected chi connectivity index (χ2v) is 17.4. The predicted molar refractivity (Wildman–Crippen MR) is 213 cm³/mol. The number of hydrogen-bond donors (Lipinski definition) is 5. The van der Waals surface area contributed by atoms with E-state index in [2.05, 4.69) is 16.0 Å². The molecule has 2 heterocycles. The SMILES string of the molecule is CN(C)CCOc1cc(NC2CC3(CCN(C(=O)OC(C)(C)C)C3)C2)ccc1C(=O)O.CN(C)CCOc1cc(NC2CC3(CCNC3)C2)ccc1C(=O)O. The molecule has 55 heavy (non-hydrogen) atoms. The van der Waals surface area contributed by atoms with Gasteiger partial charge >= 0.3 is 18.0 Å². The average molecular weight is 767 g/mol. The third-order valence-corrected chi connectivity index (χ3v) is 10.9. The van der Waals surface area contributed by atoms with Crippen LogP contribution in [-0.4, -0.2) is 141 Å². The topological polar surface area (TPSA) is 165 Å². The summed E-state index contributed by atoms with van der Waals surface area (Å²) in [6.07, 6.45) is 6.33. The van der Waals surface area contributed by atoms with Crippen molar-refractivity contribution in [3.63, 3.8) is 0 Å². The number of carbonyl (C=O) groups excluding carboxylic acids is 1. The lowest BCUT2D eigenvalue weighted by atomic mass is 9.65. The van der Waals surface area contributed by atoms with Crippen LogP contribution in [0.3, 0.4) is 0 Å². The van der Waals surface area contributed by atoms with Crippen LogP contribution in [0.4, 0.5) is 16.2 Å². The zero-order valence-corrected chi connectivity index (χ0v) is 33.7. The highest BCUT2D eigenvalue weighted by Crippen LogP contribution is 2.50. The minimum atomic E-state index is -0.998. The Bertz CT molecular complexity index is 1640. The molecule has 0 radical (unpaired) electrons. The monoisotopic (exact) mass is 766 g/mol. The highest BCUT2D eigenvalue weighted by atomic mass is 16.6. The van der Waals surface area contributed by atoms with E-state index in [-0.39, 0.29) is 22.6 Å². The molecule has 14 nitrogen and oxygen atoms in total. The van der Waals surface area contributed by atoms with Crippen molar-refractivity contribution >= 4 is 29.4 Å².